The summed E-state index contributed by atoms with van der Waals surface area (Å²) in [5.74, 6) is 2.55. The van der Waals surface area contributed by atoms with Crippen molar-refractivity contribution in [3.8, 4) is 17.2 Å². The molecular weight excluding hydrogens is 484 g/mol. The second kappa shape index (κ2) is 10.5. The van der Waals surface area contributed by atoms with Crippen molar-refractivity contribution >= 4 is 39.3 Å². The molecule has 31 heavy (non-hydrogen) atoms. The average Bonchev–Trinajstić information content (AvgIpc) is 3.14. The molecule has 3 rings (SSSR count). The van der Waals surface area contributed by atoms with Crippen molar-refractivity contribution < 1.29 is 19.0 Å². The number of aromatic nitrogens is 3. The summed E-state index contributed by atoms with van der Waals surface area (Å²) in [5, 5.41) is 11.9. The predicted molar refractivity (Wildman–Crippen MR) is 123 cm³/mol. The number of carbonyl (C=O) groups is 1. The minimum absolute atomic E-state index is 0.161. The van der Waals surface area contributed by atoms with Gasteiger partial charge >= 0.3 is 0 Å². The zero-order chi connectivity index (χ0) is 22.4. The lowest BCUT2D eigenvalue weighted by atomic mass is 10.2. The van der Waals surface area contributed by atoms with Gasteiger partial charge in [0.05, 0.1) is 25.7 Å². The van der Waals surface area contributed by atoms with Crippen LogP contribution in [0.25, 0.3) is 0 Å². The Hall–Kier alpha value is -2.72. The van der Waals surface area contributed by atoms with Gasteiger partial charge in [0.1, 0.15) is 17.2 Å². The molecule has 1 unspecified atom stereocenters. The number of halogens is 1. The molecule has 10 heteroatoms. The van der Waals surface area contributed by atoms with Crippen LogP contribution in [0.1, 0.15) is 18.9 Å². The van der Waals surface area contributed by atoms with Crippen molar-refractivity contribution in [3.05, 3.63) is 52.8 Å². The molecule has 164 valence electrons. The monoisotopic (exact) mass is 506 g/mol. The Morgan fingerprint density at radius 2 is 1.84 bits per heavy atom. The van der Waals surface area contributed by atoms with E-state index in [1.165, 1.54) is 11.8 Å². The zero-order valence-corrected chi connectivity index (χ0v) is 20.0. The maximum absolute atomic E-state index is 12.5. The molecule has 0 saturated carbocycles. The number of benzene rings is 2. The number of hydrogen-bond donors (Lipinski definition) is 1. The van der Waals surface area contributed by atoms with E-state index in [4.69, 9.17) is 14.2 Å². The van der Waals surface area contributed by atoms with Crippen molar-refractivity contribution in [2.24, 2.45) is 7.05 Å². The molecule has 1 atom stereocenters. The lowest BCUT2D eigenvalue weighted by molar-refractivity contribution is -0.113. The molecule has 0 aliphatic carbocycles. The minimum Gasteiger partial charge on any atom is -0.497 e. The summed E-state index contributed by atoms with van der Waals surface area (Å²) in [7, 11) is 4.96. The summed E-state index contributed by atoms with van der Waals surface area (Å²) in [6.07, 6.45) is -0.303. The fraction of sp³-hybridized carbons (Fsp3) is 0.286. The first kappa shape index (κ1) is 23.0. The number of carbonyl (C=O) groups excluding carboxylic acids is 1. The number of rotatable bonds is 9. The molecule has 0 spiro atoms. The van der Waals surface area contributed by atoms with Crippen LogP contribution in [0.15, 0.2) is 52.1 Å². The van der Waals surface area contributed by atoms with Gasteiger partial charge < -0.3 is 24.1 Å². The molecular formula is C21H23BrN4O4S. The third kappa shape index (κ3) is 5.92. The smallest absolute Gasteiger partial charge is 0.234 e. The van der Waals surface area contributed by atoms with E-state index in [0.717, 1.165) is 10.2 Å². The summed E-state index contributed by atoms with van der Waals surface area (Å²) < 4.78 is 19.3. The Morgan fingerprint density at radius 3 is 2.52 bits per heavy atom. The van der Waals surface area contributed by atoms with Crippen molar-refractivity contribution in [1.82, 2.24) is 14.8 Å². The number of nitrogens with zero attached hydrogens (tertiary/aromatic N) is 3. The molecule has 0 saturated heterocycles. The summed E-state index contributed by atoms with van der Waals surface area (Å²) in [5.41, 5.74) is 0.544. The Bertz CT molecular complexity index is 1040. The molecule has 1 amide bonds. The average molecular weight is 507 g/mol. The summed E-state index contributed by atoms with van der Waals surface area (Å²) in [6, 6.07) is 12.8. The van der Waals surface area contributed by atoms with E-state index in [1.807, 2.05) is 42.8 Å². The number of ether oxygens (including phenoxy) is 3. The standard InChI is InChI=1S/C21H23BrN4O4S/c1-13(30-15-7-5-14(22)6-8-15)20-24-25-21(26(20)2)31-12-19(27)23-17-11-16(28-3)9-10-18(17)29-4/h5-11,13H,12H2,1-4H3,(H,23,27). The van der Waals surface area contributed by atoms with Gasteiger partial charge in [0, 0.05) is 17.6 Å². The molecule has 0 bridgehead atoms. The van der Waals surface area contributed by atoms with Crippen molar-refractivity contribution in [1.29, 1.82) is 0 Å². The number of thioether (sulfide) groups is 1. The van der Waals surface area contributed by atoms with Gasteiger partial charge in [0.15, 0.2) is 17.1 Å². The third-order valence-corrected chi connectivity index (χ3v) is 5.92. The maximum atomic E-state index is 12.5. The highest BCUT2D eigenvalue weighted by Crippen LogP contribution is 2.29. The summed E-state index contributed by atoms with van der Waals surface area (Å²) in [6.45, 7) is 1.91. The van der Waals surface area contributed by atoms with Crippen LogP contribution >= 0.6 is 27.7 Å². The van der Waals surface area contributed by atoms with E-state index < -0.39 is 0 Å². The van der Waals surface area contributed by atoms with Gasteiger partial charge in [0.2, 0.25) is 5.91 Å². The Morgan fingerprint density at radius 1 is 1.13 bits per heavy atom. The SMILES string of the molecule is COc1ccc(OC)c(NC(=O)CSc2nnc(C(C)Oc3ccc(Br)cc3)n2C)c1. The van der Waals surface area contributed by atoms with Crippen LogP contribution in [0.4, 0.5) is 5.69 Å². The van der Waals surface area contributed by atoms with Gasteiger partial charge in [-0.05, 0) is 43.3 Å². The first-order valence-electron chi connectivity index (χ1n) is 9.37. The van der Waals surface area contributed by atoms with Crippen LogP contribution < -0.4 is 19.5 Å². The van der Waals surface area contributed by atoms with Gasteiger partial charge in [-0.3, -0.25) is 4.79 Å². The predicted octanol–water partition coefficient (Wildman–Crippen LogP) is 4.47. The molecule has 0 aliphatic rings. The molecule has 0 aliphatic heterocycles. The normalized spacial score (nSPS) is 11.6. The quantitative estimate of drug-likeness (QED) is 0.428. The van der Waals surface area contributed by atoms with Crippen molar-refractivity contribution in [2.45, 2.75) is 18.2 Å². The van der Waals surface area contributed by atoms with E-state index >= 15 is 0 Å². The Labute approximate surface area is 193 Å². The van der Waals surface area contributed by atoms with E-state index in [-0.39, 0.29) is 17.8 Å². The zero-order valence-electron chi connectivity index (χ0n) is 17.6. The molecule has 1 N–H and O–H groups in total. The van der Waals surface area contributed by atoms with Crippen molar-refractivity contribution in [2.75, 3.05) is 25.3 Å². The highest BCUT2D eigenvalue weighted by Gasteiger charge is 2.18. The maximum Gasteiger partial charge on any atom is 0.234 e. The number of hydrogen-bond acceptors (Lipinski definition) is 7. The van der Waals surface area contributed by atoms with Crippen LogP contribution in [0.5, 0.6) is 17.2 Å². The Balaban J connectivity index is 1.60. The van der Waals surface area contributed by atoms with Gasteiger partial charge in [-0.25, -0.2) is 0 Å². The first-order valence-corrected chi connectivity index (χ1v) is 11.1. The van der Waals surface area contributed by atoms with E-state index in [2.05, 4.69) is 31.4 Å². The Kier molecular flexibility index (Phi) is 7.80. The molecule has 1 aromatic heterocycles. The molecule has 1 heterocycles. The summed E-state index contributed by atoms with van der Waals surface area (Å²) >= 11 is 4.69. The lowest BCUT2D eigenvalue weighted by Gasteiger charge is -2.14. The fourth-order valence-electron chi connectivity index (χ4n) is 2.80. The van der Waals surface area contributed by atoms with Crippen LogP contribution in [0.3, 0.4) is 0 Å². The number of methoxy groups -OCH3 is 2. The van der Waals surface area contributed by atoms with Crippen molar-refractivity contribution in [3.63, 3.8) is 0 Å². The van der Waals surface area contributed by atoms with Crippen LogP contribution in [-0.2, 0) is 11.8 Å². The molecule has 0 radical (unpaired) electrons. The van der Waals surface area contributed by atoms with E-state index in [1.54, 1.807) is 32.4 Å². The van der Waals surface area contributed by atoms with Crippen LogP contribution in [0.2, 0.25) is 0 Å². The van der Waals surface area contributed by atoms with E-state index in [9.17, 15) is 4.79 Å². The highest BCUT2D eigenvalue weighted by atomic mass is 79.9. The summed E-state index contributed by atoms with van der Waals surface area (Å²) in [4.78, 5) is 12.5. The van der Waals surface area contributed by atoms with Gasteiger partial charge in [-0.15, -0.1) is 10.2 Å². The van der Waals surface area contributed by atoms with Crippen LogP contribution in [-0.4, -0.2) is 40.6 Å². The number of anilines is 1. The number of nitrogens with one attached hydrogen (secondary N) is 1. The largest absolute Gasteiger partial charge is 0.497 e. The van der Waals surface area contributed by atoms with Crippen LogP contribution in [0, 0.1) is 0 Å². The van der Waals surface area contributed by atoms with E-state index in [0.29, 0.717) is 28.2 Å². The topological polar surface area (TPSA) is 87.5 Å². The van der Waals surface area contributed by atoms with Gasteiger partial charge in [0.25, 0.3) is 0 Å². The molecule has 8 nitrogen and oxygen atoms in total. The number of amides is 1. The third-order valence-electron chi connectivity index (χ3n) is 4.37. The first-order chi connectivity index (χ1) is 14.9. The second-order valence-electron chi connectivity index (χ2n) is 6.52. The fourth-order valence-corrected chi connectivity index (χ4v) is 3.79. The molecule has 0 fully saturated rings. The molecule has 3 aromatic rings. The minimum atomic E-state index is -0.303. The van der Waals surface area contributed by atoms with Gasteiger partial charge in [-0.2, -0.15) is 0 Å². The van der Waals surface area contributed by atoms with Gasteiger partial charge in [-0.1, -0.05) is 27.7 Å². The highest BCUT2D eigenvalue weighted by molar-refractivity contribution is 9.10. The lowest BCUT2D eigenvalue weighted by Crippen LogP contribution is -2.15. The second-order valence-corrected chi connectivity index (χ2v) is 8.38. The molecule has 2 aromatic carbocycles.